The lowest BCUT2D eigenvalue weighted by Crippen LogP contribution is -2.23. The molecule has 0 fully saturated rings. The van der Waals surface area contributed by atoms with Gasteiger partial charge in [-0.2, -0.15) is 0 Å². The maximum absolute atomic E-state index is 11.9. The first-order chi connectivity index (χ1) is 9.04. The number of carbonyl (C=O) groups is 1. The Morgan fingerprint density at radius 3 is 2.84 bits per heavy atom. The van der Waals surface area contributed by atoms with Gasteiger partial charge in [0.2, 0.25) is 5.91 Å². The highest BCUT2D eigenvalue weighted by atomic mass is 32.1. The van der Waals surface area contributed by atoms with Crippen LogP contribution in [0.25, 0.3) is 6.08 Å². The van der Waals surface area contributed by atoms with Gasteiger partial charge in [-0.3, -0.25) is 4.79 Å². The second-order valence-electron chi connectivity index (χ2n) is 4.33. The topological polar surface area (TPSA) is 46.3 Å². The summed E-state index contributed by atoms with van der Waals surface area (Å²) >= 11 is 1.57. The van der Waals surface area contributed by atoms with E-state index in [9.17, 15) is 4.79 Å². The van der Waals surface area contributed by atoms with Crippen LogP contribution in [0.3, 0.4) is 0 Å². The Morgan fingerprint density at radius 2 is 2.26 bits per heavy atom. The molecular formula is C14H16N2O2S. The fourth-order valence-electron chi connectivity index (χ4n) is 1.62. The highest BCUT2D eigenvalue weighted by Crippen LogP contribution is 2.11. The second-order valence-corrected chi connectivity index (χ2v) is 5.39. The molecule has 0 aliphatic heterocycles. The van der Waals surface area contributed by atoms with Gasteiger partial charge in [-0.15, -0.1) is 11.3 Å². The average molecular weight is 276 g/mol. The molecule has 100 valence electrons. The van der Waals surface area contributed by atoms with Crippen LogP contribution in [-0.2, 0) is 11.3 Å². The molecule has 0 bridgehead atoms. The zero-order valence-corrected chi connectivity index (χ0v) is 12.0. The number of carbonyl (C=O) groups excluding carboxylic acids is 1. The molecule has 5 heteroatoms. The number of hydrogen-bond acceptors (Lipinski definition) is 4. The van der Waals surface area contributed by atoms with Gasteiger partial charge < -0.3 is 9.32 Å². The molecule has 2 rings (SSSR count). The van der Waals surface area contributed by atoms with E-state index in [0.717, 1.165) is 22.2 Å². The maximum Gasteiger partial charge on any atom is 0.246 e. The highest BCUT2D eigenvalue weighted by molar-refractivity contribution is 7.09. The van der Waals surface area contributed by atoms with Crippen molar-refractivity contribution in [2.45, 2.75) is 20.4 Å². The summed E-state index contributed by atoms with van der Waals surface area (Å²) in [5.74, 6) is 1.57. The van der Waals surface area contributed by atoms with E-state index in [4.69, 9.17) is 4.42 Å². The van der Waals surface area contributed by atoms with Crippen molar-refractivity contribution in [3.05, 3.63) is 45.8 Å². The molecule has 0 radical (unpaired) electrons. The van der Waals surface area contributed by atoms with Crippen LogP contribution in [0.15, 0.2) is 28.0 Å². The molecule has 0 aliphatic rings. The Balaban J connectivity index is 1.94. The minimum absolute atomic E-state index is 0.0697. The minimum Gasteiger partial charge on any atom is -0.464 e. The summed E-state index contributed by atoms with van der Waals surface area (Å²) in [5, 5.41) is 2.92. The molecule has 2 heterocycles. The molecule has 0 spiro atoms. The Kier molecular flexibility index (Phi) is 4.16. The molecule has 0 aliphatic carbocycles. The molecule has 4 nitrogen and oxygen atoms in total. The van der Waals surface area contributed by atoms with Gasteiger partial charge >= 0.3 is 0 Å². The van der Waals surface area contributed by atoms with Crippen molar-refractivity contribution in [1.29, 1.82) is 0 Å². The van der Waals surface area contributed by atoms with Crippen LogP contribution < -0.4 is 0 Å². The lowest BCUT2D eigenvalue weighted by Gasteiger charge is -2.12. The average Bonchev–Trinajstić information content (AvgIpc) is 2.95. The van der Waals surface area contributed by atoms with E-state index in [0.29, 0.717) is 6.54 Å². The summed E-state index contributed by atoms with van der Waals surface area (Å²) in [4.78, 5) is 17.8. The third-order valence-corrected chi connectivity index (χ3v) is 3.39. The number of furan rings is 1. The lowest BCUT2D eigenvalue weighted by atomic mass is 10.3. The predicted octanol–water partition coefficient (Wildman–Crippen LogP) is 3.02. The van der Waals surface area contributed by atoms with Crippen molar-refractivity contribution in [3.8, 4) is 0 Å². The highest BCUT2D eigenvalue weighted by Gasteiger charge is 2.08. The van der Waals surface area contributed by atoms with Gasteiger partial charge in [-0.1, -0.05) is 0 Å². The number of nitrogens with zero attached hydrogens (tertiary/aromatic N) is 2. The fraction of sp³-hybridized carbons (Fsp3) is 0.286. The largest absolute Gasteiger partial charge is 0.464 e. The summed E-state index contributed by atoms with van der Waals surface area (Å²) in [6.07, 6.45) is 3.26. The molecule has 0 unspecified atom stereocenters. The molecule has 2 aromatic rings. The van der Waals surface area contributed by atoms with Gasteiger partial charge in [0.25, 0.3) is 0 Å². The first-order valence-electron chi connectivity index (χ1n) is 5.95. The van der Waals surface area contributed by atoms with E-state index >= 15 is 0 Å². The number of rotatable bonds is 4. The molecule has 0 N–H and O–H groups in total. The first-order valence-corrected chi connectivity index (χ1v) is 6.83. The SMILES string of the molecule is Cc1ccc(CN(C)C(=O)/C=C/c2csc(C)n2)o1. The number of likely N-dealkylation sites (N-methyl/N-ethyl adjacent to an activating group) is 1. The van der Waals surface area contributed by atoms with E-state index in [1.165, 1.54) is 6.08 Å². The molecule has 0 atom stereocenters. The van der Waals surface area contributed by atoms with E-state index < -0.39 is 0 Å². The van der Waals surface area contributed by atoms with Crippen molar-refractivity contribution < 1.29 is 9.21 Å². The van der Waals surface area contributed by atoms with Crippen molar-refractivity contribution in [2.24, 2.45) is 0 Å². The smallest absolute Gasteiger partial charge is 0.246 e. The van der Waals surface area contributed by atoms with Crippen LogP contribution in [-0.4, -0.2) is 22.8 Å². The zero-order chi connectivity index (χ0) is 13.8. The van der Waals surface area contributed by atoms with Crippen LogP contribution in [0.4, 0.5) is 0 Å². The van der Waals surface area contributed by atoms with E-state index in [-0.39, 0.29) is 5.91 Å². The van der Waals surface area contributed by atoms with Crippen LogP contribution in [0.5, 0.6) is 0 Å². The molecule has 0 saturated heterocycles. The molecule has 19 heavy (non-hydrogen) atoms. The van der Waals surface area contributed by atoms with Crippen molar-refractivity contribution >= 4 is 23.3 Å². The molecule has 0 saturated carbocycles. The first kappa shape index (κ1) is 13.5. The predicted molar refractivity (Wildman–Crippen MR) is 75.8 cm³/mol. The maximum atomic E-state index is 11.9. The quantitative estimate of drug-likeness (QED) is 0.806. The standard InChI is InChI=1S/C14H16N2O2S/c1-10-4-6-13(18-10)8-16(3)14(17)7-5-12-9-19-11(2)15-12/h4-7,9H,8H2,1-3H3/b7-5+. The van der Waals surface area contributed by atoms with Gasteiger partial charge in [-0.05, 0) is 32.1 Å². The normalized spacial score (nSPS) is 11.1. The Hall–Kier alpha value is -1.88. The third kappa shape index (κ3) is 3.79. The van der Waals surface area contributed by atoms with E-state index in [2.05, 4.69) is 4.98 Å². The van der Waals surface area contributed by atoms with Crippen LogP contribution in [0.1, 0.15) is 22.2 Å². The lowest BCUT2D eigenvalue weighted by molar-refractivity contribution is -0.125. The summed E-state index contributed by atoms with van der Waals surface area (Å²) in [6.45, 7) is 4.29. The summed E-state index contributed by atoms with van der Waals surface area (Å²) in [7, 11) is 1.75. The van der Waals surface area contributed by atoms with Crippen molar-refractivity contribution in [2.75, 3.05) is 7.05 Å². The minimum atomic E-state index is -0.0697. The summed E-state index contributed by atoms with van der Waals surface area (Å²) in [6, 6.07) is 3.77. The van der Waals surface area contributed by atoms with Crippen LogP contribution in [0, 0.1) is 13.8 Å². The van der Waals surface area contributed by atoms with Crippen molar-refractivity contribution in [1.82, 2.24) is 9.88 Å². The monoisotopic (exact) mass is 276 g/mol. The molecular weight excluding hydrogens is 260 g/mol. The van der Waals surface area contributed by atoms with Crippen LogP contribution >= 0.6 is 11.3 Å². The molecule has 2 aromatic heterocycles. The Morgan fingerprint density at radius 1 is 1.47 bits per heavy atom. The van der Waals surface area contributed by atoms with Gasteiger partial charge in [-0.25, -0.2) is 4.98 Å². The number of thiazole rings is 1. The zero-order valence-electron chi connectivity index (χ0n) is 11.2. The number of amides is 1. The molecule has 0 aromatic carbocycles. The molecule has 1 amide bonds. The van der Waals surface area contributed by atoms with Crippen molar-refractivity contribution in [3.63, 3.8) is 0 Å². The number of aryl methyl sites for hydroxylation is 2. The Labute approximate surface area is 116 Å². The summed E-state index contributed by atoms with van der Waals surface area (Å²) < 4.78 is 5.44. The van der Waals surface area contributed by atoms with Gasteiger partial charge in [0, 0.05) is 18.5 Å². The van der Waals surface area contributed by atoms with E-state index in [1.807, 2.05) is 31.4 Å². The van der Waals surface area contributed by atoms with E-state index in [1.54, 1.807) is 29.4 Å². The third-order valence-electron chi connectivity index (χ3n) is 2.60. The van der Waals surface area contributed by atoms with Gasteiger partial charge in [0.1, 0.15) is 11.5 Å². The summed E-state index contributed by atoms with van der Waals surface area (Å²) in [5.41, 5.74) is 0.818. The number of aromatic nitrogens is 1. The Bertz CT molecular complexity index is 598. The van der Waals surface area contributed by atoms with Crippen LogP contribution in [0.2, 0.25) is 0 Å². The number of hydrogen-bond donors (Lipinski definition) is 0. The second kappa shape index (κ2) is 5.84. The van der Waals surface area contributed by atoms with Gasteiger partial charge in [0.05, 0.1) is 17.2 Å². The van der Waals surface area contributed by atoms with Gasteiger partial charge in [0.15, 0.2) is 0 Å². The fourth-order valence-corrected chi connectivity index (χ4v) is 2.20.